The Hall–Kier alpha value is -10.2. The van der Waals surface area contributed by atoms with Gasteiger partial charge in [0.25, 0.3) is 0 Å². The van der Waals surface area contributed by atoms with Crippen LogP contribution in [-0.4, -0.2) is 61.8 Å². The van der Waals surface area contributed by atoms with Crippen molar-refractivity contribution in [3.05, 3.63) is 416 Å². The molecule has 0 aliphatic carbocycles. The molecule has 26 heteroatoms. The van der Waals surface area contributed by atoms with E-state index in [1.807, 2.05) is 66.9 Å². The Kier molecular flexibility index (Phi) is 52.9. The molecule has 0 atom stereocenters. The number of hydrogen-bond donors (Lipinski definition) is 3. The third kappa shape index (κ3) is 39.8. The summed E-state index contributed by atoms with van der Waals surface area (Å²) in [5.41, 5.74) is 11.8. The van der Waals surface area contributed by atoms with E-state index in [0.29, 0.717) is 22.6 Å². The van der Waals surface area contributed by atoms with Gasteiger partial charge in [-0.15, -0.1) is 179 Å². The number of fused-ring (bicyclic) bond motifs is 1. The number of carbonyl (C=O) groups is 2. The van der Waals surface area contributed by atoms with Gasteiger partial charge in [-0.05, 0) is 132 Å². The van der Waals surface area contributed by atoms with Gasteiger partial charge in [0.1, 0.15) is 0 Å². The quantitative estimate of drug-likeness (QED) is 0.0510. The van der Waals surface area contributed by atoms with Crippen LogP contribution in [0.1, 0.15) is 59.6 Å². The van der Waals surface area contributed by atoms with E-state index < -0.39 is 23.3 Å². The van der Waals surface area contributed by atoms with E-state index in [9.17, 15) is 44.7 Å². The van der Waals surface area contributed by atoms with Crippen molar-refractivity contribution in [2.75, 3.05) is 0 Å². The van der Waals surface area contributed by atoms with Gasteiger partial charge in [0, 0.05) is 223 Å². The molecule has 8 aromatic carbocycles. The molecule has 12 nitrogen and oxygen atoms in total. The summed E-state index contributed by atoms with van der Waals surface area (Å²) >= 11 is 0. The third-order valence-corrected chi connectivity index (χ3v) is 15.2. The second-order valence-corrected chi connectivity index (χ2v) is 25.5. The van der Waals surface area contributed by atoms with Crippen molar-refractivity contribution in [1.29, 1.82) is 0 Å². The van der Waals surface area contributed by atoms with Gasteiger partial charge in [-0.1, -0.05) is 135 Å². The Balaban J connectivity index is 0.000000691. The molecule has 7 aromatic heterocycles. The summed E-state index contributed by atoms with van der Waals surface area (Å²) < 4.78 is 102. The van der Waals surface area contributed by atoms with Gasteiger partial charge >= 0.3 is 0 Å². The number of halogens is 8. The first-order chi connectivity index (χ1) is 55.7. The second kappa shape index (κ2) is 58.7. The Morgan fingerprint density at radius 1 is 0.336 bits per heavy atom. The van der Waals surface area contributed by atoms with Crippen molar-refractivity contribution in [3.63, 3.8) is 0 Å². The van der Waals surface area contributed by atoms with Crippen LogP contribution in [0.25, 0.3) is 89.6 Å². The molecule has 122 heavy (non-hydrogen) atoms. The largest absolute Gasteiger partial charge is 0.512 e. The fourth-order valence-electron chi connectivity index (χ4n) is 9.81. The van der Waals surface area contributed by atoms with Gasteiger partial charge in [-0.2, -0.15) is 0 Å². The van der Waals surface area contributed by atoms with E-state index in [1.165, 1.54) is 105 Å². The number of carbonyl (C=O) groups excluding carboxylic acids is 2. The number of aliphatic hydroxyl groups excluding tert-OH is 3. The summed E-state index contributed by atoms with van der Waals surface area (Å²) in [7, 11) is 0. The number of nitrogens with zero attached hydrogens (tertiary/aromatic N) is 7. The molecule has 0 saturated carbocycles. The van der Waals surface area contributed by atoms with Crippen molar-refractivity contribution in [1.82, 2.24) is 34.9 Å². The molecular formula is C96H76F8Ir6N7O5-7. The van der Waals surface area contributed by atoms with Crippen LogP contribution in [0.2, 0.25) is 0 Å². The predicted octanol–water partition coefficient (Wildman–Crippen LogP) is 23.0. The Morgan fingerprint density at radius 3 is 0.951 bits per heavy atom. The molecule has 0 bridgehead atoms. The van der Waals surface area contributed by atoms with E-state index in [4.69, 9.17) is 15.3 Å². The summed E-state index contributed by atoms with van der Waals surface area (Å²) in [4.78, 5) is 49.0. The number of pyridine rings is 7. The van der Waals surface area contributed by atoms with Gasteiger partial charge in [0.2, 0.25) is 0 Å². The Bertz CT molecular complexity index is 5260. The first kappa shape index (κ1) is 110. The summed E-state index contributed by atoms with van der Waals surface area (Å²) in [5.74, 6) is -3.85. The van der Waals surface area contributed by atoms with Crippen molar-refractivity contribution >= 4 is 22.3 Å². The average molecular weight is 2710 g/mol. The summed E-state index contributed by atoms with van der Waals surface area (Å²) in [6.45, 7) is 12.3. The first-order valence-corrected chi connectivity index (χ1v) is 35.4. The number of hydrogen-bond acceptors (Lipinski definition) is 12. The molecule has 0 unspecified atom stereocenters. The number of aromatic nitrogens is 7. The van der Waals surface area contributed by atoms with Gasteiger partial charge in [-0.3, -0.25) is 44.7 Å². The van der Waals surface area contributed by atoms with Gasteiger partial charge < -0.3 is 50.2 Å². The standard InChI is InChI=1S/C19H18N.C12H9FNO.2C11H6F2N.3C11H7FN.2C5H8O2.6Ir/c1-19(2,3)16-10-8-15(9-11-16)18-17-7-5-4-6-14(17)12-13-20-18;13-11-3-1-10(2-4-11)12-7-9(8-15)5-6-14-12;2*12-8-4-5-9(10(13)7-8)11-3-1-2-6-14-11;3*12-10-6-4-9(5-7-10)11-3-1-2-8-13-11;2*1-4(6)3-5(2)7;;;;;;/h4-8,10-13H,1-3H3;1,3-7,15H,8H2;2*1-4,6-7H;3*1-4,6-8H;2*3,6H,1-2H3;;;;;;/q7*-1;;;;;;;;. The molecule has 15 rings (SSSR count). The fraction of sp³-hybridized carbons (Fsp3) is 0.0938. The normalized spacial score (nSPS) is 10.0. The number of allylic oxidation sites excluding steroid dienone is 4. The van der Waals surface area contributed by atoms with E-state index in [0.717, 1.165) is 74.9 Å². The van der Waals surface area contributed by atoms with Crippen LogP contribution in [0.15, 0.2) is 316 Å². The SMILES string of the molecule is CC(=O)C=C(C)O.CC(=O)C=C(C)O.CC(C)(C)c1c[c-]c(-c2nccc3ccccc23)cc1.Fc1c[c-]c(-c2ccccn2)c(F)c1.Fc1c[c-]c(-c2ccccn2)c(F)c1.Fc1c[c-]c(-c2ccccn2)cc1.Fc1c[c-]c(-c2ccccn2)cc1.Fc1c[c-]c(-c2ccccn2)cc1.OCc1ccnc(-c2[c-]cc(F)cc2)c1.[Ir].[Ir].[Ir].[Ir].[Ir].[Ir]. The van der Waals surface area contributed by atoms with Gasteiger partial charge in [0.15, 0.2) is 11.6 Å². The zero-order valence-corrected chi connectivity index (χ0v) is 80.3. The number of benzene rings is 8. The molecule has 642 valence electrons. The maximum Gasteiger partial charge on any atom is 0.155 e. The Morgan fingerprint density at radius 2 is 0.656 bits per heavy atom. The van der Waals surface area contributed by atoms with Crippen LogP contribution in [0, 0.1) is 89.0 Å². The maximum atomic E-state index is 13.2. The van der Waals surface area contributed by atoms with E-state index in [2.05, 4.69) is 141 Å². The summed E-state index contributed by atoms with van der Waals surface area (Å²) in [5, 5.41) is 28.1. The molecule has 0 aliphatic rings. The second-order valence-electron chi connectivity index (χ2n) is 25.5. The van der Waals surface area contributed by atoms with Crippen molar-refractivity contribution in [2.24, 2.45) is 0 Å². The van der Waals surface area contributed by atoms with Crippen molar-refractivity contribution < 1.29 is 181 Å². The van der Waals surface area contributed by atoms with Crippen LogP contribution in [-0.2, 0) is 142 Å². The zero-order chi connectivity index (χ0) is 83.8. The summed E-state index contributed by atoms with van der Waals surface area (Å²) in [6, 6.07) is 88.1. The van der Waals surface area contributed by atoms with Crippen LogP contribution >= 0.6 is 0 Å². The van der Waals surface area contributed by atoms with Crippen LogP contribution in [0.4, 0.5) is 35.1 Å². The molecule has 0 aliphatic heterocycles. The molecular weight excluding hydrogens is 2640 g/mol. The minimum atomic E-state index is -0.649. The molecule has 0 spiro atoms. The summed E-state index contributed by atoms with van der Waals surface area (Å²) in [6.07, 6.45) is 14.0. The van der Waals surface area contributed by atoms with Crippen LogP contribution in [0.3, 0.4) is 0 Å². The monoisotopic (exact) mass is 2720 g/mol. The third-order valence-electron chi connectivity index (χ3n) is 15.2. The van der Waals surface area contributed by atoms with Crippen LogP contribution < -0.4 is 0 Å². The maximum absolute atomic E-state index is 13.2. The number of aliphatic hydroxyl groups is 3. The first-order valence-electron chi connectivity index (χ1n) is 35.4. The molecule has 15 aromatic rings. The average Bonchev–Trinajstić information content (AvgIpc) is 0.799. The van der Waals surface area contributed by atoms with E-state index >= 15 is 0 Å². The van der Waals surface area contributed by atoms with Crippen molar-refractivity contribution in [2.45, 2.75) is 60.5 Å². The predicted molar refractivity (Wildman–Crippen MR) is 435 cm³/mol. The number of rotatable bonds is 10. The molecule has 0 fully saturated rings. The Labute approximate surface area is 785 Å². The van der Waals surface area contributed by atoms with E-state index in [-0.39, 0.29) is 190 Å². The molecule has 7 heterocycles. The molecule has 0 saturated heterocycles. The molecule has 6 radical (unpaired) electrons. The fourth-order valence-corrected chi connectivity index (χ4v) is 9.81. The zero-order valence-electron chi connectivity index (χ0n) is 65.9. The minimum Gasteiger partial charge on any atom is -0.512 e. The molecule has 0 amide bonds. The minimum absolute atomic E-state index is 0. The topological polar surface area (TPSA) is 185 Å². The van der Waals surface area contributed by atoms with Crippen molar-refractivity contribution in [3.8, 4) is 78.8 Å². The molecule has 3 N–H and O–H groups in total. The van der Waals surface area contributed by atoms with Gasteiger partial charge in [0.05, 0.1) is 18.1 Å². The van der Waals surface area contributed by atoms with Crippen LogP contribution in [0.5, 0.6) is 0 Å². The number of ketones is 2. The smallest absolute Gasteiger partial charge is 0.155 e. The van der Waals surface area contributed by atoms with E-state index in [1.54, 1.807) is 110 Å². The van der Waals surface area contributed by atoms with Gasteiger partial charge in [-0.25, -0.2) is 0 Å².